The quantitative estimate of drug-likeness (QED) is 0.754. The highest BCUT2D eigenvalue weighted by atomic mass is 35.5. The monoisotopic (exact) mass is 204 g/mol. The molecule has 4 heteroatoms. The minimum atomic E-state index is -0.0111. The topological polar surface area (TPSA) is 38.9 Å². The molecule has 1 heterocycles. The Hall–Kier alpha value is -0.310. The van der Waals surface area contributed by atoms with Crippen LogP contribution in [0.1, 0.15) is 24.9 Å². The number of aromatic nitrogens is 1. The molecule has 1 aromatic rings. The minimum Gasteiger partial charge on any atom is -0.324 e. The Bertz CT molecular complexity index is 256. The van der Waals surface area contributed by atoms with E-state index in [9.17, 15) is 0 Å². The van der Waals surface area contributed by atoms with Crippen LogP contribution in [0.4, 0.5) is 0 Å². The van der Waals surface area contributed by atoms with Crippen LogP contribution in [0.5, 0.6) is 0 Å². The molecule has 0 amide bonds. The Balaban J connectivity index is 3.00. The fourth-order valence-electron chi connectivity index (χ4n) is 0.933. The second-order valence-corrected chi connectivity index (χ2v) is 3.34. The van der Waals surface area contributed by atoms with Gasteiger partial charge in [0.25, 0.3) is 0 Å². The van der Waals surface area contributed by atoms with Crippen molar-refractivity contribution >= 4 is 23.2 Å². The first-order chi connectivity index (χ1) is 5.63. The maximum Gasteiger partial charge on any atom is 0.131 e. The van der Waals surface area contributed by atoms with E-state index >= 15 is 0 Å². The van der Waals surface area contributed by atoms with Crippen molar-refractivity contribution in [3.63, 3.8) is 0 Å². The molecule has 1 atom stereocenters. The molecule has 1 unspecified atom stereocenters. The Morgan fingerprint density at radius 3 is 2.33 bits per heavy atom. The second kappa shape index (κ2) is 4.08. The van der Waals surface area contributed by atoms with Crippen LogP contribution in [-0.4, -0.2) is 4.98 Å². The first kappa shape index (κ1) is 9.78. The van der Waals surface area contributed by atoms with E-state index < -0.39 is 0 Å². The Morgan fingerprint density at radius 2 is 1.92 bits per heavy atom. The highest BCUT2D eigenvalue weighted by Gasteiger charge is 2.05. The average Bonchev–Trinajstić information content (AvgIpc) is 2.01. The molecule has 12 heavy (non-hydrogen) atoms. The van der Waals surface area contributed by atoms with Crippen molar-refractivity contribution in [3.05, 3.63) is 28.0 Å². The normalized spacial score (nSPS) is 13.0. The first-order valence-corrected chi connectivity index (χ1v) is 4.47. The lowest BCUT2D eigenvalue weighted by Crippen LogP contribution is -2.08. The van der Waals surface area contributed by atoms with Crippen molar-refractivity contribution in [1.29, 1.82) is 0 Å². The summed E-state index contributed by atoms with van der Waals surface area (Å²) in [6.07, 6.45) is 0.858. The molecule has 0 fully saturated rings. The number of hydrogen-bond acceptors (Lipinski definition) is 2. The van der Waals surface area contributed by atoms with E-state index in [4.69, 9.17) is 28.9 Å². The largest absolute Gasteiger partial charge is 0.324 e. The molecule has 0 radical (unpaired) electrons. The molecule has 0 saturated heterocycles. The van der Waals surface area contributed by atoms with Gasteiger partial charge in [-0.25, -0.2) is 4.98 Å². The van der Waals surface area contributed by atoms with Crippen molar-refractivity contribution < 1.29 is 0 Å². The standard InChI is InChI=1S/C8H10Cl2N2/c1-2-6(11)5-3-7(9)12-8(10)4-5/h3-4,6H,2,11H2,1H3. The summed E-state index contributed by atoms with van der Waals surface area (Å²) in [4.78, 5) is 3.83. The molecule has 0 aliphatic heterocycles. The summed E-state index contributed by atoms with van der Waals surface area (Å²) in [6.45, 7) is 2.01. The number of hydrogen-bond donors (Lipinski definition) is 1. The third-order valence-electron chi connectivity index (χ3n) is 1.65. The third-order valence-corrected chi connectivity index (χ3v) is 2.04. The second-order valence-electron chi connectivity index (χ2n) is 2.56. The van der Waals surface area contributed by atoms with Gasteiger partial charge in [0.15, 0.2) is 0 Å². The van der Waals surface area contributed by atoms with Gasteiger partial charge in [0, 0.05) is 6.04 Å². The van der Waals surface area contributed by atoms with Crippen molar-refractivity contribution in [3.8, 4) is 0 Å². The SMILES string of the molecule is CCC(N)c1cc(Cl)nc(Cl)c1. The van der Waals surface area contributed by atoms with Crippen LogP contribution in [0.25, 0.3) is 0 Å². The molecule has 2 N–H and O–H groups in total. The number of pyridine rings is 1. The van der Waals surface area contributed by atoms with Crippen LogP contribution in [-0.2, 0) is 0 Å². The van der Waals surface area contributed by atoms with E-state index in [1.54, 1.807) is 12.1 Å². The van der Waals surface area contributed by atoms with E-state index in [2.05, 4.69) is 4.98 Å². The molecular formula is C8H10Cl2N2. The maximum absolute atomic E-state index is 5.79. The molecule has 2 nitrogen and oxygen atoms in total. The third kappa shape index (κ3) is 2.34. The van der Waals surface area contributed by atoms with Gasteiger partial charge in [0.1, 0.15) is 10.3 Å². The van der Waals surface area contributed by atoms with Crippen LogP contribution >= 0.6 is 23.2 Å². The Kier molecular flexibility index (Phi) is 3.32. The summed E-state index contributed by atoms with van der Waals surface area (Å²) >= 11 is 11.4. The van der Waals surface area contributed by atoms with Crippen LogP contribution in [0.2, 0.25) is 10.3 Å². The van der Waals surface area contributed by atoms with Crippen LogP contribution in [0.15, 0.2) is 12.1 Å². The molecular weight excluding hydrogens is 195 g/mol. The van der Waals surface area contributed by atoms with E-state index in [0.717, 1.165) is 12.0 Å². The number of nitrogens with two attached hydrogens (primary N) is 1. The van der Waals surface area contributed by atoms with Crippen LogP contribution in [0.3, 0.4) is 0 Å². The van der Waals surface area contributed by atoms with E-state index in [1.807, 2.05) is 6.92 Å². The van der Waals surface area contributed by atoms with Crippen molar-refractivity contribution in [2.45, 2.75) is 19.4 Å². The predicted octanol–water partition coefficient (Wildman–Crippen LogP) is 2.80. The van der Waals surface area contributed by atoms with Gasteiger partial charge in [-0.05, 0) is 24.1 Å². The lowest BCUT2D eigenvalue weighted by Gasteiger charge is -2.08. The van der Waals surface area contributed by atoms with Gasteiger partial charge in [0.2, 0.25) is 0 Å². The fraction of sp³-hybridized carbons (Fsp3) is 0.375. The fourth-order valence-corrected chi connectivity index (χ4v) is 1.41. The zero-order valence-electron chi connectivity index (χ0n) is 6.72. The van der Waals surface area contributed by atoms with Gasteiger partial charge in [0.05, 0.1) is 0 Å². The van der Waals surface area contributed by atoms with Gasteiger partial charge in [-0.2, -0.15) is 0 Å². The number of rotatable bonds is 2. The minimum absolute atomic E-state index is 0.0111. The highest BCUT2D eigenvalue weighted by Crippen LogP contribution is 2.20. The predicted molar refractivity (Wildman–Crippen MR) is 51.5 cm³/mol. The lowest BCUT2D eigenvalue weighted by molar-refractivity contribution is 0.697. The summed E-state index contributed by atoms with van der Waals surface area (Å²) in [6, 6.07) is 3.46. The van der Waals surface area contributed by atoms with E-state index in [1.165, 1.54) is 0 Å². The van der Waals surface area contributed by atoms with Crippen molar-refractivity contribution in [2.24, 2.45) is 5.73 Å². The van der Waals surface area contributed by atoms with Gasteiger partial charge < -0.3 is 5.73 Å². The number of halogens is 2. The van der Waals surface area contributed by atoms with Crippen molar-refractivity contribution in [1.82, 2.24) is 4.98 Å². The molecule has 0 saturated carbocycles. The summed E-state index contributed by atoms with van der Waals surface area (Å²) in [5.41, 5.74) is 6.72. The highest BCUT2D eigenvalue weighted by molar-refractivity contribution is 6.32. The Labute approximate surface area is 81.7 Å². The number of nitrogens with zero attached hydrogens (tertiary/aromatic N) is 1. The van der Waals surface area contributed by atoms with Crippen molar-refractivity contribution in [2.75, 3.05) is 0 Å². The molecule has 1 rings (SSSR count). The van der Waals surface area contributed by atoms with Gasteiger partial charge in [-0.1, -0.05) is 30.1 Å². The zero-order valence-corrected chi connectivity index (χ0v) is 8.23. The summed E-state index contributed by atoms with van der Waals surface area (Å²) < 4.78 is 0. The van der Waals surface area contributed by atoms with E-state index in [-0.39, 0.29) is 6.04 Å². The Morgan fingerprint density at radius 1 is 1.42 bits per heavy atom. The van der Waals surface area contributed by atoms with Crippen LogP contribution < -0.4 is 5.73 Å². The summed E-state index contributed by atoms with van der Waals surface area (Å²) in [7, 11) is 0. The summed E-state index contributed by atoms with van der Waals surface area (Å²) in [5.74, 6) is 0. The molecule has 0 aromatic carbocycles. The van der Waals surface area contributed by atoms with Gasteiger partial charge in [-0.15, -0.1) is 0 Å². The molecule has 0 aliphatic carbocycles. The first-order valence-electron chi connectivity index (χ1n) is 3.72. The molecule has 66 valence electrons. The van der Waals surface area contributed by atoms with Gasteiger partial charge in [-0.3, -0.25) is 0 Å². The lowest BCUT2D eigenvalue weighted by atomic mass is 10.1. The molecule has 1 aromatic heterocycles. The molecule has 0 bridgehead atoms. The smallest absolute Gasteiger partial charge is 0.131 e. The zero-order chi connectivity index (χ0) is 9.14. The van der Waals surface area contributed by atoms with Crippen LogP contribution in [0, 0.1) is 0 Å². The average molecular weight is 205 g/mol. The molecule has 0 spiro atoms. The summed E-state index contributed by atoms with van der Waals surface area (Å²) in [5, 5.41) is 0.780. The van der Waals surface area contributed by atoms with Gasteiger partial charge >= 0.3 is 0 Å². The maximum atomic E-state index is 5.79. The molecule has 0 aliphatic rings. The van der Waals surface area contributed by atoms with E-state index in [0.29, 0.717) is 10.3 Å².